The van der Waals surface area contributed by atoms with Crippen molar-refractivity contribution >= 4 is 34.9 Å². The predicted molar refractivity (Wildman–Crippen MR) is 99.4 cm³/mol. The molecule has 0 atom stereocenters. The van der Waals surface area contributed by atoms with E-state index in [0.717, 1.165) is 10.6 Å². The first-order valence-corrected chi connectivity index (χ1v) is 9.54. The number of morpholine rings is 1. The van der Waals surface area contributed by atoms with Crippen LogP contribution in [0, 0.1) is 0 Å². The predicted octanol–water partition coefficient (Wildman–Crippen LogP) is 2.40. The Balaban J connectivity index is 1.52. The summed E-state index contributed by atoms with van der Waals surface area (Å²) in [4.78, 5) is 14.1. The number of carbonyl (C=O) groups excluding carboxylic acids is 1. The van der Waals surface area contributed by atoms with E-state index in [4.69, 9.17) is 16.3 Å². The average molecular weight is 390 g/mol. The van der Waals surface area contributed by atoms with Gasteiger partial charge in [0.2, 0.25) is 5.91 Å². The number of thioether (sulfide) groups is 1. The molecule has 3 aromatic rings. The van der Waals surface area contributed by atoms with Crippen molar-refractivity contribution in [2.45, 2.75) is 5.03 Å². The molecule has 0 unspecified atom stereocenters. The maximum Gasteiger partial charge on any atom is 0.233 e. The normalized spacial score (nSPS) is 14.7. The van der Waals surface area contributed by atoms with Crippen LogP contribution in [0.2, 0.25) is 5.02 Å². The number of fused-ring (bicyclic) bond motifs is 1. The van der Waals surface area contributed by atoms with Crippen LogP contribution in [-0.2, 0) is 9.53 Å². The summed E-state index contributed by atoms with van der Waals surface area (Å²) in [6.45, 7) is 2.51. The number of ether oxygens (including phenoxy) is 1. The molecule has 134 valence electrons. The first-order chi connectivity index (χ1) is 12.7. The Kier molecular flexibility index (Phi) is 5.05. The van der Waals surface area contributed by atoms with E-state index in [1.54, 1.807) is 16.6 Å². The van der Waals surface area contributed by atoms with Gasteiger partial charge in [-0.05, 0) is 36.4 Å². The lowest BCUT2D eigenvalue weighted by Gasteiger charge is -2.26. The number of benzene rings is 1. The van der Waals surface area contributed by atoms with Crippen LogP contribution in [0.15, 0.2) is 41.4 Å². The summed E-state index contributed by atoms with van der Waals surface area (Å²) in [7, 11) is 0. The number of carbonyl (C=O) groups is 1. The first-order valence-electron chi connectivity index (χ1n) is 8.17. The van der Waals surface area contributed by atoms with Gasteiger partial charge in [-0.2, -0.15) is 9.61 Å². The smallest absolute Gasteiger partial charge is 0.233 e. The maximum absolute atomic E-state index is 12.3. The topological polar surface area (TPSA) is 72.6 Å². The van der Waals surface area contributed by atoms with E-state index in [2.05, 4.69) is 15.3 Å². The fourth-order valence-electron chi connectivity index (χ4n) is 2.67. The van der Waals surface area contributed by atoms with Gasteiger partial charge in [0, 0.05) is 23.7 Å². The molecule has 3 heterocycles. The van der Waals surface area contributed by atoms with Gasteiger partial charge in [0.05, 0.1) is 19.0 Å². The van der Waals surface area contributed by atoms with Gasteiger partial charge in [-0.25, -0.2) is 0 Å². The molecule has 0 aliphatic carbocycles. The number of hydrogen-bond acceptors (Lipinski definition) is 6. The SMILES string of the molecule is O=C(CSc1ccc2nnc(-c3ccc(Cl)cc3)n2n1)N1CCOCC1. The van der Waals surface area contributed by atoms with Crippen LogP contribution in [-0.4, -0.2) is 62.7 Å². The van der Waals surface area contributed by atoms with Crippen molar-refractivity contribution in [3.8, 4) is 11.4 Å². The van der Waals surface area contributed by atoms with Crippen LogP contribution in [0.1, 0.15) is 0 Å². The maximum atomic E-state index is 12.3. The molecule has 0 spiro atoms. The van der Waals surface area contributed by atoms with Gasteiger partial charge in [-0.15, -0.1) is 10.2 Å². The Morgan fingerprint density at radius 2 is 1.88 bits per heavy atom. The zero-order valence-electron chi connectivity index (χ0n) is 13.8. The number of nitrogens with zero attached hydrogens (tertiary/aromatic N) is 5. The van der Waals surface area contributed by atoms with Crippen molar-refractivity contribution in [1.82, 2.24) is 24.7 Å². The first kappa shape index (κ1) is 17.3. The molecule has 1 aliphatic rings. The van der Waals surface area contributed by atoms with Crippen molar-refractivity contribution in [1.29, 1.82) is 0 Å². The van der Waals surface area contributed by atoms with Gasteiger partial charge in [-0.1, -0.05) is 23.4 Å². The number of amides is 1. The van der Waals surface area contributed by atoms with E-state index < -0.39 is 0 Å². The second kappa shape index (κ2) is 7.61. The van der Waals surface area contributed by atoms with Crippen LogP contribution >= 0.6 is 23.4 Å². The Hall–Kier alpha value is -2.16. The molecule has 4 rings (SSSR count). The monoisotopic (exact) mass is 389 g/mol. The third-order valence-corrected chi connectivity index (χ3v) is 5.20. The number of rotatable bonds is 4. The Bertz CT molecular complexity index is 925. The van der Waals surface area contributed by atoms with Crippen molar-refractivity contribution < 1.29 is 9.53 Å². The van der Waals surface area contributed by atoms with Gasteiger partial charge in [0.15, 0.2) is 11.5 Å². The molecule has 1 aromatic carbocycles. The molecule has 1 aliphatic heterocycles. The number of hydrogen-bond donors (Lipinski definition) is 0. The Morgan fingerprint density at radius 1 is 1.12 bits per heavy atom. The van der Waals surface area contributed by atoms with Gasteiger partial charge in [-0.3, -0.25) is 4.79 Å². The highest BCUT2D eigenvalue weighted by Crippen LogP contribution is 2.22. The van der Waals surface area contributed by atoms with E-state index in [-0.39, 0.29) is 5.91 Å². The zero-order chi connectivity index (χ0) is 17.9. The summed E-state index contributed by atoms with van der Waals surface area (Å²) >= 11 is 7.35. The molecule has 1 fully saturated rings. The van der Waals surface area contributed by atoms with E-state index in [0.29, 0.717) is 48.6 Å². The molecule has 9 heteroatoms. The van der Waals surface area contributed by atoms with Crippen LogP contribution in [0.4, 0.5) is 0 Å². The second-order valence-electron chi connectivity index (χ2n) is 5.75. The second-order valence-corrected chi connectivity index (χ2v) is 7.19. The lowest BCUT2D eigenvalue weighted by molar-refractivity contribution is -0.132. The van der Waals surface area contributed by atoms with E-state index >= 15 is 0 Å². The molecular formula is C17H16ClN5O2S. The minimum absolute atomic E-state index is 0.0990. The quantitative estimate of drug-likeness (QED) is 0.638. The zero-order valence-corrected chi connectivity index (χ0v) is 15.4. The highest BCUT2D eigenvalue weighted by molar-refractivity contribution is 7.99. The van der Waals surface area contributed by atoms with Crippen molar-refractivity contribution in [2.75, 3.05) is 32.1 Å². The minimum Gasteiger partial charge on any atom is -0.378 e. The van der Waals surface area contributed by atoms with E-state index in [1.807, 2.05) is 29.2 Å². The van der Waals surface area contributed by atoms with Crippen molar-refractivity contribution in [2.24, 2.45) is 0 Å². The lowest BCUT2D eigenvalue weighted by Crippen LogP contribution is -2.41. The van der Waals surface area contributed by atoms with E-state index in [1.165, 1.54) is 11.8 Å². The van der Waals surface area contributed by atoms with Crippen molar-refractivity contribution in [3.05, 3.63) is 41.4 Å². The molecular weight excluding hydrogens is 374 g/mol. The highest BCUT2D eigenvalue weighted by atomic mass is 35.5. The minimum atomic E-state index is 0.0990. The average Bonchev–Trinajstić information content (AvgIpc) is 3.10. The molecule has 0 N–H and O–H groups in total. The molecule has 1 saturated heterocycles. The Morgan fingerprint density at radius 3 is 2.65 bits per heavy atom. The summed E-state index contributed by atoms with van der Waals surface area (Å²) in [6, 6.07) is 11.1. The number of aromatic nitrogens is 4. The van der Waals surface area contributed by atoms with Gasteiger partial charge in [0.1, 0.15) is 5.03 Å². The molecule has 2 aromatic heterocycles. The van der Waals surface area contributed by atoms with E-state index in [9.17, 15) is 4.79 Å². The summed E-state index contributed by atoms with van der Waals surface area (Å²) in [5, 5.41) is 14.3. The third kappa shape index (κ3) is 3.67. The van der Waals surface area contributed by atoms with Crippen LogP contribution in [0.3, 0.4) is 0 Å². The number of halogens is 1. The summed E-state index contributed by atoms with van der Waals surface area (Å²) < 4.78 is 6.96. The standard InChI is InChI=1S/C17H16ClN5O2S/c18-13-3-1-12(2-4-13)17-20-19-14-5-6-15(21-23(14)17)26-11-16(24)22-7-9-25-10-8-22/h1-6H,7-11H2. The largest absolute Gasteiger partial charge is 0.378 e. The molecule has 0 radical (unpaired) electrons. The van der Waals surface area contributed by atoms with Gasteiger partial charge >= 0.3 is 0 Å². The van der Waals surface area contributed by atoms with Crippen LogP contribution in [0.5, 0.6) is 0 Å². The van der Waals surface area contributed by atoms with Gasteiger partial charge in [0.25, 0.3) is 0 Å². The molecule has 1 amide bonds. The van der Waals surface area contributed by atoms with Crippen LogP contribution < -0.4 is 0 Å². The summed E-state index contributed by atoms with van der Waals surface area (Å²) in [5.41, 5.74) is 1.53. The highest BCUT2D eigenvalue weighted by Gasteiger charge is 2.17. The molecule has 0 saturated carbocycles. The fraction of sp³-hybridized carbons (Fsp3) is 0.294. The summed E-state index contributed by atoms with van der Waals surface area (Å²) in [6.07, 6.45) is 0. The van der Waals surface area contributed by atoms with Gasteiger partial charge < -0.3 is 9.64 Å². The fourth-order valence-corrected chi connectivity index (χ4v) is 3.55. The molecule has 0 bridgehead atoms. The molecule has 26 heavy (non-hydrogen) atoms. The van der Waals surface area contributed by atoms with Crippen LogP contribution in [0.25, 0.3) is 17.0 Å². The van der Waals surface area contributed by atoms with Crippen molar-refractivity contribution in [3.63, 3.8) is 0 Å². The lowest BCUT2D eigenvalue weighted by atomic mass is 10.2. The summed E-state index contributed by atoms with van der Waals surface area (Å²) in [5.74, 6) is 1.08. The Labute approximate surface area is 159 Å². The molecule has 7 nitrogen and oxygen atoms in total. The third-order valence-electron chi connectivity index (χ3n) is 4.05.